The highest BCUT2D eigenvalue weighted by Gasteiger charge is 2.33. The molecule has 1 fully saturated rings. The molecule has 1 aliphatic heterocycles. The first-order valence-corrected chi connectivity index (χ1v) is 12.8. The maximum absolute atomic E-state index is 12.0. The number of carbonyl (C=O) groups is 1. The molecule has 2 atom stereocenters. The third-order valence-corrected chi connectivity index (χ3v) is 7.55. The zero-order valence-electron chi connectivity index (χ0n) is 19.4. The van der Waals surface area contributed by atoms with Crippen LogP contribution < -0.4 is 9.64 Å². The van der Waals surface area contributed by atoms with Crippen LogP contribution in [0.1, 0.15) is 30.0 Å². The number of nitriles is 1. The fourth-order valence-corrected chi connectivity index (χ4v) is 5.48. The van der Waals surface area contributed by atoms with Gasteiger partial charge in [-0.15, -0.1) is 11.3 Å². The number of hydrogen-bond acceptors (Lipinski definition) is 7. The summed E-state index contributed by atoms with van der Waals surface area (Å²) in [6.07, 6.45) is 0.760. The number of methoxy groups -OCH3 is 1. The quantitative estimate of drug-likeness (QED) is 0.359. The number of halogens is 1. The molecule has 1 saturated heterocycles. The zero-order valence-corrected chi connectivity index (χ0v) is 21.8. The molecule has 0 unspecified atom stereocenters. The Balaban J connectivity index is 1.53. The average molecular weight is 540 g/mol. The maximum Gasteiger partial charge on any atom is 0.309 e. The van der Waals surface area contributed by atoms with E-state index >= 15 is 0 Å². The maximum atomic E-state index is 12.0. The summed E-state index contributed by atoms with van der Waals surface area (Å²) in [6, 6.07) is 13.9. The third-order valence-electron chi connectivity index (χ3n) is 6.16. The van der Waals surface area contributed by atoms with E-state index in [4.69, 9.17) is 14.5 Å². The Kier molecular flexibility index (Phi) is 7.54. The lowest BCUT2D eigenvalue weighted by Gasteiger charge is -2.35. The highest BCUT2D eigenvalue weighted by molar-refractivity contribution is 9.10. The summed E-state index contributed by atoms with van der Waals surface area (Å²) in [5.41, 5.74) is 4.32. The lowest BCUT2D eigenvalue weighted by molar-refractivity contribution is -0.147. The van der Waals surface area contributed by atoms with Crippen molar-refractivity contribution in [1.82, 2.24) is 4.98 Å². The molecule has 1 aliphatic rings. The van der Waals surface area contributed by atoms with Crippen LogP contribution >= 0.6 is 27.3 Å². The minimum atomic E-state index is -0.126. The van der Waals surface area contributed by atoms with E-state index in [1.165, 1.54) is 7.11 Å². The van der Waals surface area contributed by atoms with Crippen molar-refractivity contribution in [2.24, 2.45) is 11.8 Å². The number of nitrogens with zero attached hydrogens (tertiary/aromatic N) is 3. The first-order valence-electron chi connectivity index (χ1n) is 11.1. The second-order valence-electron chi connectivity index (χ2n) is 8.56. The smallest absolute Gasteiger partial charge is 0.309 e. The van der Waals surface area contributed by atoms with Crippen LogP contribution in [0.5, 0.6) is 5.75 Å². The minimum absolute atomic E-state index is 0.0608. The molecule has 0 amide bonds. The number of esters is 1. The van der Waals surface area contributed by atoms with Gasteiger partial charge in [-0.3, -0.25) is 4.79 Å². The van der Waals surface area contributed by atoms with E-state index in [9.17, 15) is 10.1 Å². The summed E-state index contributed by atoms with van der Waals surface area (Å²) >= 11 is 5.01. The molecule has 4 rings (SSSR count). The number of aryl methyl sites for hydroxylation is 1. The molecule has 8 heteroatoms. The van der Waals surface area contributed by atoms with Gasteiger partial charge in [-0.2, -0.15) is 5.26 Å². The van der Waals surface area contributed by atoms with Gasteiger partial charge in [0.2, 0.25) is 0 Å². The Hall–Kier alpha value is -2.89. The Labute approximate surface area is 212 Å². The first-order chi connectivity index (χ1) is 16.4. The Morgan fingerprint density at radius 2 is 2.15 bits per heavy atom. The Bertz CT molecular complexity index is 1240. The normalized spacial score (nSPS) is 17.8. The van der Waals surface area contributed by atoms with Crippen LogP contribution in [0.3, 0.4) is 0 Å². The second kappa shape index (κ2) is 10.6. The van der Waals surface area contributed by atoms with Crippen LogP contribution in [-0.4, -0.2) is 31.2 Å². The molecule has 34 heavy (non-hydrogen) atoms. The van der Waals surface area contributed by atoms with Crippen LogP contribution in [0.25, 0.3) is 11.3 Å². The lowest BCUT2D eigenvalue weighted by atomic mass is 9.87. The van der Waals surface area contributed by atoms with E-state index in [1.807, 2.05) is 36.6 Å². The summed E-state index contributed by atoms with van der Waals surface area (Å²) in [6.45, 7) is 5.97. The number of hydrogen-bond donors (Lipinski definition) is 0. The monoisotopic (exact) mass is 539 g/mol. The summed E-state index contributed by atoms with van der Waals surface area (Å²) in [7, 11) is 1.45. The average Bonchev–Trinajstić information content (AvgIpc) is 3.33. The van der Waals surface area contributed by atoms with Crippen LogP contribution in [0.15, 0.2) is 46.3 Å². The number of thiazole rings is 1. The second-order valence-corrected chi connectivity index (χ2v) is 10.3. The van der Waals surface area contributed by atoms with Crippen molar-refractivity contribution in [2.75, 3.05) is 25.1 Å². The van der Waals surface area contributed by atoms with Gasteiger partial charge in [-0.05, 0) is 43.5 Å². The molecule has 2 heterocycles. The van der Waals surface area contributed by atoms with Gasteiger partial charge in [0.25, 0.3) is 0 Å². The first kappa shape index (κ1) is 24.2. The molecule has 0 spiro atoms. The topological polar surface area (TPSA) is 75.4 Å². The van der Waals surface area contributed by atoms with Crippen molar-refractivity contribution in [1.29, 1.82) is 5.26 Å². The van der Waals surface area contributed by atoms with Gasteiger partial charge in [-0.1, -0.05) is 40.5 Å². The summed E-state index contributed by atoms with van der Waals surface area (Å²) in [5, 5.41) is 12.4. The summed E-state index contributed by atoms with van der Waals surface area (Å²) < 4.78 is 12.0. The summed E-state index contributed by atoms with van der Waals surface area (Å²) in [4.78, 5) is 19.2. The van der Waals surface area contributed by atoms with Crippen molar-refractivity contribution in [3.05, 3.63) is 62.9 Å². The van der Waals surface area contributed by atoms with Gasteiger partial charge in [0.05, 0.1) is 30.4 Å². The molecule has 176 valence electrons. The van der Waals surface area contributed by atoms with Crippen LogP contribution in [0.2, 0.25) is 0 Å². The fraction of sp³-hybridized carbons (Fsp3) is 0.346. The predicted octanol–water partition coefficient (Wildman–Crippen LogP) is 5.97. The molecular formula is C26H26BrN3O3S. The van der Waals surface area contributed by atoms with E-state index in [-0.39, 0.29) is 17.8 Å². The van der Waals surface area contributed by atoms with Gasteiger partial charge in [-0.25, -0.2) is 4.98 Å². The van der Waals surface area contributed by atoms with E-state index in [0.717, 1.165) is 57.2 Å². The number of aromatic nitrogens is 1. The van der Waals surface area contributed by atoms with E-state index in [0.29, 0.717) is 12.2 Å². The molecule has 0 bridgehead atoms. The van der Waals surface area contributed by atoms with Gasteiger partial charge < -0.3 is 14.4 Å². The van der Waals surface area contributed by atoms with Crippen molar-refractivity contribution in [2.45, 2.75) is 26.9 Å². The molecule has 1 aromatic heterocycles. The van der Waals surface area contributed by atoms with Crippen LogP contribution in [0, 0.1) is 30.1 Å². The van der Waals surface area contributed by atoms with Crippen molar-refractivity contribution >= 4 is 38.4 Å². The van der Waals surface area contributed by atoms with Crippen molar-refractivity contribution < 1.29 is 14.3 Å². The zero-order chi connectivity index (χ0) is 24.2. The van der Waals surface area contributed by atoms with Gasteiger partial charge in [0.1, 0.15) is 12.4 Å². The molecule has 3 aromatic rings. The van der Waals surface area contributed by atoms with Crippen molar-refractivity contribution in [3.63, 3.8) is 0 Å². The molecular weight excluding hydrogens is 514 g/mol. The predicted molar refractivity (Wildman–Crippen MR) is 137 cm³/mol. The Morgan fingerprint density at radius 1 is 1.32 bits per heavy atom. The largest absolute Gasteiger partial charge is 0.488 e. The third kappa shape index (κ3) is 5.26. The number of carbonyl (C=O) groups excluding carboxylic acids is 1. The SMILES string of the molecule is COC(=O)[C@@H]1CCN(c2nc(-c3cc(C)ccc3OCc3ccc(Br)cc3C#N)cs2)C[C@@H]1C. The van der Waals surface area contributed by atoms with E-state index in [2.05, 4.69) is 39.9 Å². The van der Waals surface area contributed by atoms with Crippen LogP contribution in [-0.2, 0) is 16.1 Å². The Morgan fingerprint density at radius 3 is 2.88 bits per heavy atom. The minimum Gasteiger partial charge on any atom is -0.488 e. The fourth-order valence-electron chi connectivity index (χ4n) is 4.26. The molecule has 0 saturated carbocycles. The van der Waals surface area contributed by atoms with Gasteiger partial charge >= 0.3 is 5.97 Å². The summed E-state index contributed by atoms with van der Waals surface area (Å²) in [5.74, 6) is 0.743. The number of piperidine rings is 1. The molecule has 0 radical (unpaired) electrons. The lowest BCUT2D eigenvalue weighted by Crippen LogP contribution is -2.42. The molecule has 0 N–H and O–H groups in total. The number of ether oxygens (including phenoxy) is 2. The highest BCUT2D eigenvalue weighted by atomic mass is 79.9. The van der Waals surface area contributed by atoms with Crippen LogP contribution in [0.4, 0.5) is 5.13 Å². The molecule has 6 nitrogen and oxygen atoms in total. The molecule has 0 aliphatic carbocycles. The number of anilines is 1. The van der Waals surface area contributed by atoms with Gasteiger partial charge in [0.15, 0.2) is 5.13 Å². The van der Waals surface area contributed by atoms with Crippen molar-refractivity contribution in [3.8, 4) is 23.1 Å². The number of rotatable bonds is 6. The molecule has 2 aromatic carbocycles. The van der Waals surface area contributed by atoms with E-state index in [1.54, 1.807) is 17.4 Å². The van der Waals surface area contributed by atoms with Gasteiger partial charge in [0, 0.05) is 34.1 Å². The standard InChI is InChI=1S/C26H26BrN3O3S/c1-16-4-7-24(33-14-18-5-6-20(27)11-19(18)12-28)22(10-16)23-15-34-26(29-23)30-9-8-21(17(2)13-30)25(31)32-3/h4-7,10-11,15,17,21H,8-9,13-14H2,1-3H3/t17-,21+/m0/s1. The number of benzene rings is 2. The highest BCUT2D eigenvalue weighted by Crippen LogP contribution is 2.36. The van der Waals surface area contributed by atoms with E-state index < -0.39 is 0 Å².